The minimum Gasteiger partial charge on any atom is -0.378 e. The highest BCUT2D eigenvalue weighted by Crippen LogP contribution is 2.44. The van der Waals surface area contributed by atoms with Gasteiger partial charge in [0.15, 0.2) is 5.96 Å². The highest BCUT2D eigenvalue weighted by Gasteiger charge is 2.53. The van der Waals surface area contributed by atoms with Crippen molar-refractivity contribution in [2.75, 3.05) is 37.7 Å². The number of nitrogens with two attached hydrogens (primary N) is 1. The fourth-order valence-electron chi connectivity index (χ4n) is 3.53. The van der Waals surface area contributed by atoms with Crippen molar-refractivity contribution in [1.29, 1.82) is 0 Å². The number of aliphatic imine (C=N–C) groups is 2. The lowest BCUT2D eigenvalue weighted by molar-refractivity contribution is -0.122. The number of benzene rings is 1. The van der Waals surface area contributed by atoms with Gasteiger partial charge < -0.3 is 20.3 Å². The van der Waals surface area contributed by atoms with E-state index in [9.17, 15) is 4.79 Å². The normalized spacial score (nSPS) is 25.6. The molecular formula is C17H22N6O2. The first kappa shape index (κ1) is 15.9. The molecule has 0 aliphatic carbocycles. The van der Waals surface area contributed by atoms with E-state index in [1.54, 1.807) is 4.90 Å². The van der Waals surface area contributed by atoms with Crippen LogP contribution in [-0.4, -0.2) is 55.6 Å². The van der Waals surface area contributed by atoms with Gasteiger partial charge in [-0.2, -0.15) is 0 Å². The maximum absolute atomic E-state index is 13.3. The second-order valence-electron chi connectivity index (χ2n) is 6.30. The van der Waals surface area contributed by atoms with Crippen LogP contribution >= 0.6 is 0 Å². The average molecular weight is 342 g/mol. The summed E-state index contributed by atoms with van der Waals surface area (Å²) in [4.78, 5) is 26.3. The monoisotopic (exact) mass is 342 g/mol. The molecule has 25 heavy (non-hydrogen) atoms. The molecule has 8 nitrogen and oxygen atoms in total. The van der Waals surface area contributed by atoms with Crippen molar-refractivity contribution in [3.63, 3.8) is 0 Å². The molecule has 1 aromatic rings. The fraction of sp³-hybridized carbons (Fsp3) is 0.471. The Kier molecular flexibility index (Phi) is 3.84. The second-order valence-corrected chi connectivity index (χ2v) is 6.30. The predicted octanol–water partition coefficient (Wildman–Crippen LogP) is 0.202. The quantitative estimate of drug-likeness (QED) is 0.801. The molecule has 1 saturated heterocycles. The molecule has 4 rings (SSSR count). The maximum atomic E-state index is 13.3. The minimum atomic E-state index is -1.32. The number of fused-ring (bicyclic) bond motifs is 2. The Hall–Kier alpha value is -2.61. The summed E-state index contributed by atoms with van der Waals surface area (Å²) in [6.07, 6.45) is 0.855. The van der Waals surface area contributed by atoms with Gasteiger partial charge in [-0.1, -0.05) is 25.1 Å². The number of nitrogens with one attached hydrogen (secondary N) is 1. The number of hydrogen-bond donors (Lipinski definition) is 2. The smallest absolute Gasteiger partial charge is 0.282 e. The van der Waals surface area contributed by atoms with Gasteiger partial charge in [-0.05, 0) is 12.5 Å². The van der Waals surface area contributed by atoms with Crippen LogP contribution in [0.2, 0.25) is 0 Å². The number of para-hydroxylation sites is 1. The lowest BCUT2D eigenvalue weighted by atomic mass is 10.0. The van der Waals surface area contributed by atoms with Crippen molar-refractivity contribution in [3.8, 4) is 0 Å². The number of carbonyl (C=O) groups excluding carboxylic acids is 1. The van der Waals surface area contributed by atoms with Crippen LogP contribution in [0.3, 0.4) is 0 Å². The van der Waals surface area contributed by atoms with Crippen LogP contribution in [0.5, 0.6) is 0 Å². The first-order valence-electron chi connectivity index (χ1n) is 8.62. The van der Waals surface area contributed by atoms with E-state index in [2.05, 4.69) is 10.3 Å². The van der Waals surface area contributed by atoms with Gasteiger partial charge in [0.05, 0.1) is 18.9 Å². The summed E-state index contributed by atoms with van der Waals surface area (Å²) in [6, 6.07) is 7.68. The van der Waals surface area contributed by atoms with Crippen molar-refractivity contribution in [2.24, 2.45) is 15.7 Å². The largest absolute Gasteiger partial charge is 0.378 e. The van der Waals surface area contributed by atoms with Crippen molar-refractivity contribution in [2.45, 2.75) is 19.0 Å². The molecule has 3 aliphatic rings. The van der Waals surface area contributed by atoms with Crippen LogP contribution in [0.25, 0.3) is 0 Å². The van der Waals surface area contributed by atoms with Gasteiger partial charge in [0, 0.05) is 25.2 Å². The lowest BCUT2D eigenvalue weighted by Crippen LogP contribution is -2.56. The Balaban J connectivity index is 1.82. The molecule has 1 amide bonds. The van der Waals surface area contributed by atoms with Crippen LogP contribution in [0, 0.1) is 0 Å². The highest BCUT2D eigenvalue weighted by molar-refractivity contribution is 6.12. The summed E-state index contributed by atoms with van der Waals surface area (Å²) in [6.45, 7) is 5.31. The molecule has 3 aliphatic heterocycles. The topological polar surface area (TPSA) is 95.5 Å². The third-order valence-electron chi connectivity index (χ3n) is 4.66. The van der Waals surface area contributed by atoms with E-state index in [0.29, 0.717) is 38.8 Å². The van der Waals surface area contributed by atoms with Gasteiger partial charge in [-0.25, -0.2) is 9.98 Å². The van der Waals surface area contributed by atoms with E-state index in [4.69, 9.17) is 15.5 Å². The first-order chi connectivity index (χ1) is 12.2. The molecule has 3 N–H and O–H groups in total. The number of rotatable bonds is 2. The number of guanidine groups is 2. The zero-order valence-corrected chi connectivity index (χ0v) is 14.2. The minimum absolute atomic E-state index is 0.147. The van der Waals surface area contributed by atoms with Gasteiger partial charge in [-0.3, -0.25) is 10.1 Å². The number of nitrogens with zero attached hydrogens (tertiary/aromatic N) is 4. The number of morpholine rings is 1. The van der Waals surface area contributed by atoms with Gasteiger partial charge in [0.1, 0.15) is 0 Å². The van der Waals surface area contributed by atoms with E-state index < -0.39 is 5.66 Å². The van der Waals surface area contributed by atoms with Crippen LogP contribution < -0.4 is 16.0 Å². The van der Waals surface area contributed by atoms with Gasteiger partial charge in [-0.15, -0.1) is 0 Å². The van der Waals surface area contributed by atoms with Crippen molar-refractivity contribution >= 4 is 23.5 Å². The Labute approximate surface area is 146 Å². The van der Waals surface area contributed by atoms with Crippen LogP contribution in [0.15, 0.2) is 34.3 Å². The molecule has 0 saturated carbocycles. The molecule has 8 heteroatoms. The predicted molar refractivity (Wildman–Crippen MR) is 95.3 cm³/mol. The summed E-state index contributed by atoms with van der Waals surface area (Å²) < 4.78 is 5.40. The average Bonchev–Trinajstić information content (AvgIpc) is 2.85. The third-order valence-corrected chi connectivity index (χ3v) is 4.66. The first-order valence-corrected chi connectivity index (χ1v) is 8.62. The van der Waals surface area contributed by atoms with Crippen molar-refractivity contribution in [3.05, 3.63) is 29.8 Å². The summed E-state index contributed by atoms with van der Waals surface area (Å²) in [7, 11) is 0. The molecule has 3 heterocycles. The van der Waals surface area contributed by atoms with E-state index in [1.807, 2.05) is 36.1 Å². The Bertz CT molecular complexity index is 755. The summed E-state index contributed by atoms with van der Waals surface area (Å²) in [5.41, 5.74) is 6.37. The van der Waals surface area contributed by atoms with Crippen molar-refractivity contribution < 1.29 is 9.53 Å². The Morgan fingerprint density at radius 1 is 1.28 bits per heavy atom. The molecule has 1 atom stereocenters. The molecule has 0 radical (unpaired) electrons. The van der Waals surface area contributed by atoms with E-state index in [0.717, 1.165) is 17.7 Å². The zero-order chi connectivity index (χ0) is 17.4. The molecule has 1 spiro atoms. The van der Waals surface area contributed by atoms with Gasteiger partial charge >= 0.3 is 0 Å². The number of amides is 1. The third kappa shape index (κ3) is 2.44. The standard InChI is InChI=1S/C17H22N6O2/c1-2-7-23-13-6-4-3-5-12(13)17(14(23)24)20-15(18)19-16(21-17)22-8-10-25-11-9-22/h3-6H,2,7-11H2,1H3,(H3,18,19,20,21)/t17-/m1/s1. The molecule has 1 fully saturated rings. The lowest BCUT2D eigenvalue weighted by Gasteiger charge is -2.34. The number of anilines is 1. The van der Waals surface area contributed by atoms with Gasteiger partial charge in [0.2, 0.25) is 5.96 Å². The number of ether oxygens (including phenoxy) is 1. The van der Waals surface area contributed by atoms with E-state index >= 15 is 0 Å². The molecule has 0 aromatic heterocycles. The fourth-order valence-corrected chi connectivity index (χ4v) is 3.53. The second kappa shape index (κ2) is 6.03. The molecule has 1 aromatic carbocycles. The summed E-state index contributed by atoms with van der Waals surface area (Å²) in [5, 5.41) is 3.01. The molecule has 0 unspecified atom stereocenters. The summed E-state index contributed by atoms with van der Waals surface area (Å²) >= 11 is 0. The Morgan fingerprint density at radius 3 is 2.80 bits per heavy atom. The highest BCUT2D eigenvalue weighted by atomic mass is 16.5. The molecular weight excluding hydrogens is 320 g/mol. The van der Waals surface area contributed by atoms with E-state index in [1.165, 1.54) is 0 Å². The SMILES string of the molecule is CCCN1C(=O)[C@@]2(N=C(N)NC(N3CCOCC3)=N2)c2ccccc21. The molecule has 132 valence electrons. The zero-order valence-electron chi connectivity index (χ0n) is 14.2. The maximum Gasteiger partial charge on any atom is 0.282 e. The van der Waals surface area contributed by atoms with Crippen molar-refractivity contribution in [1.82, 2.24) is 10.2 Å². The Morgan fingerprint density at radius 2 is 2.04 bits per heavy atom. The molecule has 0 bridgehead atoms. The van der Waals surface area contributed by atoms with Crippen LogP contribution in [-0.2, 0) is 15.2 Å². The van der Waals surface area contributed by atoms with E-state index in [-0.39, 0.29) is 11.9 Å². The van der Waals surface area contributed by atoms with Crippen LogP contribution in [0.4, 0.5) is 5.69 Å². The number of carbonyl (C=O) groups is 1. The van der Waals surface area contributed by atoms with Crippen LogP contribution in [0.1, 0.15) is 18.9 Å². The summed E-state index contributed by atoms with van der Waals surface area (Å²) in [5.74, 6) is 0.640. The number of hydrogen-bond acceptors (Lipinski definition) is 7. The van der Waals surface area contributed by atoms with Gasteiger partial charge in [0.25, 0.3) is 11.6 Å².